The van der Waals surface area contributed by atoms with Crippen LogP contribution in [0.1, 0.15) is 71.6 Å². The first kappa shape index (κ1) is 17.2. The third-order valence-electron chi connectivity index (χ3n) is 3.15. The van der Waals surface area contributed by atoms with Crippen LogP contribution in [0, 0.1) is 5.92 Å². The van der Waals surface area contributed by atoms with Crippen molar-refractivity contribution in [3.8, 4) is 0 Å². The minimum atomic E-state index is 0.618. The summed E-state index contributed by atoms with van der Waals surface area (Å²) >= 11 is 8.93. The molecule has 1 nitrogen and oxygen atoms in total. The van der Waals surface area contributed by atoms with Gasteiger partial charge in [0.05, 0.1) is 0 Å². The van der Waals surface area contributed by atoms with Crippen LogP contribution in [0.25, 0.3) is 0 Å². The topological polar surface area (TPSA) is 12.0 Å². The molecule has 0 aromatic carbocycles. The highest BCUT2D eigenvalue weighted by Crippen LogP contribution is 2.12. The van der Waals surface area contributed by atoms with Crippen LogP contribution in [0.3, 0.4) is 0 Å². The van der Waals surface area contributed by atoms with Gasteiger partial charge in [-0.3, -0.25) is 0 Å². The van der Waals surface area contributed by atoms with Crippen molar-refractivity contribution in [2.45, 2.75) is 71.6 Å². The molecule has 3 heteroatoms. The van der Waals surface area contributed by atoms with Crippen molar-refractivity contribution in [2.75, 3.05) is 6.54 Å². The molecule has 0 rings (SSSR count). The summed E-state index contributed by atoms with van der Waals surface area (Å²) < 4.78 is 0.618. The Labute approximate surface area is 119 Å². The Morgan fingerprint density at radius 2 is 1.59 bits per heavy atom. The molecule has 1 unspecified atom stereocenters. The van der Waals surface area contributed by atoms with E-state index in [0.29, 0.717) is 10.2 Å². The molecule has 0 aromatic rings. The van der Waals surface area contributed by atoms with Crippen molar-refractivity contribution in [3.05, 3.63) is 0 Å². The molecule has 0 aliphatic heterocycles. The van der Waals surface area contributed by atoms with Crippen molar-refractivity contribution in [1.29, 1.82) is 0 Å². The molecule has 0 heterocycles. The second-order valence-electron chi connectivity index (χ2n) is 5.05. The molecule has 0 aromatic heterocycles. The predicted octanol–water partition coefficient (Wildman–Crippen LogP) is 4.96. The van der Waals surface area contributed by atoms with Gasteiger partial charge in [0.15, 0.2) is 0 Å². The largest absolute Gasteiger partial charge is 0.371 e. The van der Waals surface area contributed by atoms with Crippen LogP contribution in [0.4, 0.5) is 0 Å². The Kier molecular flexibility index (Phi) is 12.9. The Hall–Kier alpha value is 0.240. The van der Waals surface area contributed by atoms with E-state index in [-0.39, 0.29) is 0 Å². The van der Waals surface area contributed by atoms with E-state index in [9.17, 15) is 0 Å². The number of nitrogens with one attached hydrogen (secondary N) is 1. The zero-order chi connectivity index (χ0) is 12.9. The van der Waals surface area contributed by atoms with Crippen molar-refractivity contribution in [3.63, 3.8) is 0 Å². The molecule has 0 radical (unpaired) electrons. The van der Waals surface area contributed by atoms with Gasteiger partial charge in [-0.05, 0) is 12.3 Å². The highest BCUT2D eigenvalue weighted by atomic mass is 32.1. The number of thiol groups is 1. The Balaban J connectivity index is 3.13. The van der Waals surface area contributed by atoms with Gasteiger partial charge in [0.1, 0.15) is 4.32 Å². The average Bonchev–Trinajstić information content (AvgIpc) is 2.30. The van der Waals surface area contributed by atoms with Crippen LogP contribution >= 0.6 is 24.8 Å². The molecule has 1 atom stereocenters. The molecule has 0 amide bonds. The van der Waals surface area contributed by atoms with Gasteiger partial charge in [-0.1, -0.05) is 77.4 Å². The summed E-state index contributed by atoms with van der Waals surface area (Å²) in [5, 5.41) is 3.12. The smallest absolute Gasteiger partial charge is 0.130 e. The number of thiocarbonyl (C=S) groups is 1. The minimum absolute atomic E-state index is 0.618. The molecule has 0 spiro atoms. The van der Waals surface area contributed by atoms with Gasteiger partial charge in [-0.25, -0.2) is 0 Å². The second kappa shape index (κ2) is 12.7. The fraction of sp³-hybridized carbons (Fsp3) is 0.929. The minimum Gasteiger partial charge on any atom is -0.371 e. The van der Waals surface area contributed by atoms with E-state index >= 15 is 0 Å². The Morgan fingerprint density at radius 1 is 1.06 bits per heavy atom. The molecular formula is C14H29NS2. The summed E-state index contributed by atoms with van der Waals surface area (Å²) in [7, 11) is 0. The molecule has 0 aliphatic carbocycles. The quantitative estimate of drug-likeness (QED) is 0.314. The lowest BCUT2D eigenvalue weighted by Gasteiger charge is -2.11. The van der Waals surface area contributed by atoms with Crippen molar-refractivity contribution < 1.29 is 0 Å². The first-order valence-corrected chi connectivity index (χ1v) is 7.99. The second-order valence-corrected chi connectivity index (χ2v) is 6.21. The van der Waals surface area contributed by atoms with Crippen LogP contribution in [0.2, 0.25) is 0 Å². The molecule has 102 valence electrons. The van der Waals surface area contributed by atoms with E-state index in [4.69, 9.17) is 12.2 Å². The Morgan fingerprint density at radius 3 is 2.12 bits per heavy atom. The lowest BCUT2D eigenvalue weighted by Crippen LogP contribution is -2.23. The van der Waals surface area contributed by atoms with Gasteiger partial charge in [-0.2, -0.15) is 0 Å². The highest BCUT2D eigenvalue weighted by Gasteiger charge is 2.01. The predicted molar refractivity (Wildman–Crippen MR) is 86.0 cm³/mol. The van der Waals surface area contributed by atoms with Crippen LogP contribution in [0.5, 0.6) is 0 Å². The lowest BCUT2D eigenvalue weighted by molar-refractivity contribution is 0.476. The molecule has 0 saturated heterocycles. The van der Waals surface area contributed by atoms with E-state index < -0.39 is 0 Å². The number of hydrogen-bond acceptors (Lipinski definition) is 1. The average molecular weight is 276 g/mol. The fourth-order valence-corrected chi connectivity index (χ4v) is 2.16. The first-order valence-electron chi connectivity index (χ1n) is 7.13. The van der Waals surface area contributed by atoms with Crippen molar-refractivity contribution >= 4 is 29.2 Å². The molecular weight excluding hydrogens is 246 g/mol. The lowest BCUT2D eigenvalue weighted by atomic mass is 10.0. The van der Waals surface area contributed by atoms with Crippen molar-refractivity contribution in [1.82, 2.24) is 5.32 Å². The molecule has 0 aliphatic rings. The summed E-state index contributed by atoms with van der Waals surface area (Å²) in [6.45, 7) is 5.52. The van der Waals surface area contributed by atoms with Gasteiger partial charge in [0.25, 0.3) is 0 Å². The van der Waals surface area contributed by atoms with E-state index in [1.54, 1.807) is 0 Å². The van der Waals surface area contributed by atoms with Crippen LogP contribution in [-0.4, -0.2) is 10.9 Å². The summed E-state index contributed by atoms with van der Waals surface area (Å²) in [4.78, 5) is 0. The summed E-state index contributed by atoms with van der Waals surface area (Å²) in [6, 6.07) is 0. The van der Waals surface area contributed by atoms with Crippen LogP contribution < -0.4 is 5.32 Å². The fourth-order valence-electron chi connectivity index (χ4n) is 1.99. The SMILES string of the molecule is CCCCCCCCCCC(C)CNC(=S)S. The zero-order valence-corrected chi connectivity index (χ0v) is 13.2. The number of unbranched alkanes of at least 4 members (excludes halogenated alkanes) is 7. The van der Waals surface area contributed by atoms with Gasteiger partial charge >= 0.3 is 0 Å². The first-order chi connectivity index (χ1) is 8.16. The van der Waals surface area contributed by atoms with Gasteiger partial charge in [0, 0.05) is 6.54 Å². The van der Waals surface area contributed by atoms with E-state index in [0.717, 1.165) is 6.54 Å². The van der Waals surface area contributed by atoms with Crippen molar-refractivity contribution in [2.24, 2.45) is 5.92 Å². The number of hydrogen-bond donors (Lipinski definition) is 2. The van der Waals surface area contributed by atoms with Gasteiger partial charge in [-0.15, -0.1) is 12.6 Å². The van der Waals surface area contributed by atoms with Gasteiger partial charge in [0.2, 0.25) is 0 Å². The molecule has 17 heavy (non-hydrogen) atoms. The zero-order valence-electron chi connectivity index (χ0n) is 11.5. The third-order valence-corrected chi connectivity index (χ3v) is 3.45. The normalized spacial score (nSPS) is 12.4. The summed E-state index contributed by atoms with van der Waals surface area (Å²) in [6.07, 6.45) is 12.5. The molecule has 0 fully saturated rings. The van der Waals surface area contributed by atoms with E-state index in [1.165, 1.54) is 57.8 Å². The molecule has 1 N–H and O–H groups in total. The Bertz CT molecular complexity index is 183. The molecule has 0 saturated carbocycles. The summed E-state index contributed by atoms with van der Waals surface area (Å²) in [5.74, 6) is 0.709. The maximum Gasteiger partial charge on any atom is 0.130 e. The third kappa shape index (κ3) is 14.2. The van der Waals surface area contributed by atoms with Crippen LogP contribution in [-0.2, 0) is 0 Å². The summed E-state index contributed by atoms with van der Waals surface area (Å²) in [5.41, 5.74) is 0. The van der Waals surface area contributed by atoms with E-state index in [2.05, 4.69) is 31.8 Å². The maximum atomic E-state index is 4.87. The van der Waals surface area contributed by atoms with Gasteiger partial charge < -0.3 is 5.32 Å². The van der Waals surface area contributed by atoms with E-state index in [1.807, 2.05) is 0 Å². The monoisotopic (exact) mass is 275 g/mol. The van der Waals surface area contributed by atoms with Crippen LogP contribution in [0.15, 0.2) is 0 Å². The maximum absolute atomic E-state index is 4.87. The molecule has 0 bridgehead atoms. The highest BCUT2D eigenvalue weighted by molar-refractivity contribution is 8.11. The number of rotatable bonds is 11. The standard InChI is InChI=1S/C14H29NS2/c1-3-4-5-6-7-8-9-10-11-13(2)12-15-14(16)17/h13H,3-12H2,1-2H3,(H2,15,16,17).